The van der Waals surface area contributed by atoms with E-state index in [-0.39, 0.29) is 16.6 Å². The van der Waals surface area contributed by atoms with Gasteiger partial charge in [-0.25, -0.2) is 14.4 Å². The predicted molar refractivity (Wildman–Crippen MR) is 99.7 cm³/mol. The van der Waals surface area contributed by atoms with Crippen LogP contribution in [0.15, 0.2) is 48.5 Å². The molecule has 0 aromatic heterocycles. The minimum absolute atomic E-state index is 0. The lowest BCUT2D eigenvalue weighted by Crippen LogP contribution is -2.61. The summed E-state index contributed by atoms with van der Waals surface area (Å²) in [5.74, 6) is -6.76. The molecule has 0 heterocycles. The lowest BCUT2D eigenvalue weighted by molar-refractivity contribution is -0.176. The molecule has 5 N–H and O–H groups in total. The van der Waals surface area contributed by atoms with Gasteiger partial charge in [-0.1, -0.05) is 47.5 Å². The number of ketones is 1. The van der Waals surface area contributed by atoms with Crippen molar-refractivity contribution in [1.82, 2.24) is 0 Å². The molecular formula is C20H20O9. The van der Waals surface area contributed by atoms with Crippen LogP contribution in [0.2, 0.25) is 0 Å². The number of aliphatic carboxylic acids is 2. The van der Waals surface area contributed by atoms with Crippen molar-refractivity contribution in [2.24, 2.45) is 0 Å². The number of benzene rings is 2. The number of hydrogen-bond acceptors (Lipinski definition) is 6. The summed E-state index contributed by atoms with van der Waals surface area (Å²) in [6, 6.07) is 11.3. The molecule has 0 saturated heterocycles. The summed E-state index contributed by atoms with van der Waals surface area (Å²) in [5.41, 5.74) is -2.13. The van der Waals surface area contributed by atoms with Gasteiger partial charge in [0.15, 0.2) is 0 Å². The smallest absolute Gasteiger partial charge is 0.360 e. The summed E-state index contributed by atoms with van der Waals surface area (Å²) in [4.78, 5) is 48.7. The van der Waals surface area contributed by atoms with E-state index in [1.54, 1.807) is 26.0 Å². The van der Waals surface area contributed by atoms with E-state index in [0.717, 1.165) is 11.1 Å². The number of aliphatic hydroxyl groups is 1. The fraction of sp³-hybridized carbons (Fsp3) is 0.200. The molecule has 0 amide bonds. The molecule has 154 valence electrons. The summed E-state index contributed by atoms with van der Waals surface area (Å²) in [7, 11) is 0. The Morgan fingerprint density at radius 2 is 1.24 bits per heavy atom. The van der Waals surface area contributed by atoms with Crippen LogP contribution in [0.5, 0.6) is 0 Å². The number of aliphatic hydroxyl groups excluding tert-OH is 1. The number of carboxylic acid groups (broad SMARTS) is 2. The molecule has 0 radical (unpaired) electrons. The van der Waals surface area contributed by atoms with Crippen molar-refractivity contribution in [3.8, 4) is 0 Å². The standard InChI is InChI=1S/C20H18O8.H2O/c1-11-3-7-13(8-4-11)15(21)20(19(26)27,16(22)17(23)24)28-18(25)14-9-5-12(2)6-10-14;/h3-10,16,22H,1-2H3,(H,23,24)(H,26,27);1H2/t16-,20+;/m0./s1. The normalized spacial score (nSPS) is 13.3. The van der Waals surface area contributed by atoms with Crippen LogP contribution in [0.1, 0.15) is 31.8 Å². The maximum absolute atomic E-state index is 12.9. The average Bonchev–Trinajstić information content (AvgIpc) is 2.65. The van der Waals surface area contributed by atoms with E-state index >= 15 is 0 Å². The maximum Gasteiger partial charge on any atom is 0.360 e. The molecule has 0 aliphatic heterocycles. The molecule has 2 rings (SSSR count). The highest BCUT2D eigenvalue weighted by molar-refractivity contribution is 6.19. The van der Waals surface area contributed by atoms with Crippen molar-refractivity contribution in [3.05, 3.63) is 70.8 Å². The second-order valence-electron chi connectivity index (χ2n) is 6.23. The van der Waals surface area contributed by atoms with Gasteiger partial charge in [0.2, 0.25) is 11.9 Å². The van der Waals surface area contributed by atoms with Crippen LogP contribution in [-0.4, -0.2) is 56.2 Å². The molecule has 0 saturated carbocycles. The first-order chi connectivity index (χ1) is 13.1. The number of Topliss-reactive ketones (excluding diaryl/α,β-unsaturated/α-hetero) is 1. The van der Waals surface area contributed by atoms with Crippen molar-refractivity contribution >= 4 is 23.7 Å². The van der Waals surface area contributed by atoms with Crippen LogP contribution in [0.25, 0.3) is 0 Å². The van der Waals surface area contributed by atoms with Gasteiger partial charge in [0.1, 0.15) is 0 Å². The fourth-order valence-electron chi connectivity index (χ4n) is 2.47. The van der Waals surface area contributed by atoms with Gasteiger partial charge in [-0.05, 0) is 26.0 Å². The van der Waals surface area contributed by atoms with Gasteiger partial charge in [-0.3, -0.25) is 4.79 Å². The number of rotatable bonds is 7. The molecule has 0 aliphatic carbocycles. The number of aryl methyl sites for hydroxylation is 2. The third-order valence-corrected chi connectivity index (χ3v) is 4.13. The Labute approximate surface area is 165 Å². The van der Waals surface area contributed by atoms with Gasteiger partial charge < -0.3 is 25.5 Å². The van der Waals surface area contributed by atoms with E-state index in [0.29, 0.717) is 0 Å². The van der Waals surface area contributed by atoms with E-state index in [9.17, 15) is 29.4 Å². The van der Waals surface area contributed by atoms with Crippen LogP contribution in [0, 0.1) is 13.8 Å². The Hall–Kier alpha value is -3.56. The van der Waals surface area contributed by atoms with Crippen molar-refractivity contribution in [2.75, 3.05) is 0 Å². The molecule has 0 aliphatic rings. The first-order valence-corrected chi connectivity index (χ1v) is 8.15. The summed E-state index contributed by atoms with van der Waals surface area (Å²) in [6.07, 6.45) is -2.83. The Kier molecular flexibility index (Phi) is 7.36. The van der Waals surface area contributed by atoms with Crippen LogP contribution in [0.3, 0.4) is 0 Å². The number of carboxylic acids is 2. The molecule has 9 nitrogen and oxygen atoms in total. The molecule has 9 heteroatoms. The predicted octanol–water partition coefficient (Wildman–Crippen LogP) is 0.787. The Balaban J connectivity index is 0.00000420. The monoisotopic (exact) mass is 404 g/mol. The highest BCUT2D eigenvalue weighted by Crippen LogP contribution is 2.26. The summed E-state index contributed by atoms with van der Waals surface area (Å²) in [6.45, 7) is 3.48. The van der Waals surface area contributed by atoms with E-state index in [1.165, 1.54) is 36.4 Å². The van der Waals surface area contributed by atoms with Gasteiger partial charge in [-0.15, -0.1) is 0 Å². The van der Waals surface area contributed by atoms with E-state index in [2.05, 4.69) is 0 Å². The van der Waals surface area contributed by atoms with Crippen LogP contribution >= 0.6 is 0 Å². The number of hydrogen-bond donors (Lipinski definition) is 3. The molecule has 0 spiro atoms. The highest BCUT2D eigenvalue weighted by atomic mass is 16.6. The minimum atomic E-state index is -3.36. The number of ether oxygens (including phenoxy) is 1. The SMILES string of the molecule is Cc1ccc(C(=O)O[C@](C(=O)O)(C(=O)c2ccc(C)cc2)[C@@H](O)C(=O)O)cc1.O. The third-order valence-electron chi connectivity index (χ3n) is 4.13. The van der Waals surface area contributed by atoms with Gasteiger partial charge in [0.05, 0.1) is 5.56 Å². The van der Waals surface area contributed by atoms with Crippen molar-refractivity contribution < 1.29 is 44.7 Å². The largest absolute Gasteiger partial charge is 0.479 e. The molecule has 0 bridgehead atoms. The van der Waals surface area contributed by atoms with Crippen molar-refractivity contribution in [3.63, 3.8) is 0 Å². The van der Waals surface area contributed by atoms with E-state index in [1.807, 2.05) is 0 Å². The second-order valence-corrected chi connectivity index (χ2v) is 6.23. The Bertz CT molecular complexity index is 916. The van der Waals surface area contributed by atoms with Crippen LogP contribution in [0.4, 0.5) is 0 Å². The quantitative estimate of drug-likeness (QED) is 0.345. The number of carbonyl (C=O) groups is 4. The van der Waals surface area contributed by atoms with Gasteiger partial charge in [-0.2, -0.15) is 0 Å². The van der Waals surface area contributed by atoms with Crippen LogP contribution in [-0.2, 0) is 14.3 Å². The molecule has 2 aromatic rings. The second kappa shape index (κ2) is 9.09. The Morgan fingerprint density at radius 1 is 0.828 bits per heavy atom. The van der Waals surface area contributed by atoms with Gasteiger partial charge in [0, 0.05) is 5.56 Å². The lowest BCUT2D eigenvalue weighted by Gasteiger charge is -2.30. The zero-order chi connectivity index (χ0) is 21.1. The highest BCUT2D eigenvalue weighted by Gasteiger charge is 2.59. The van der Waals surface area contributed by atoms with Crippen molar-refractivity contribution in [2.45, 2.75) is 25.6 Å². The number of esters is 1. The fourth-order valence-corrected chi connectivity index (χ4v) is 2.47. The van der Waals surface area contributed by atoms with E-state index < -0.39 is 35.4 Å². The lowest BCUT2D eigenvalue weighted by atomic mass is 9.86. The summed E-state index contributed by atoms with van der Waals surface area (Å²) in [5, 5.41) is 28.9. The topological polar surface area (TPSA) is 170 Å². The molecule has 2 aromatic carbocycles. The molecule has 0 unspecified atom stereocenters. The van der Waals surface area contributed by atoms with Gasteiger partial charge >= 0.3 is 23.5 Å². The molecule has 0 fully saturated rings. The summed E-state index contributed by atoms with van der Waals surface area (Å²) >= 11 is 0. The molecular weight excluding hydrogens is 384 g/mol. The maximum atomic E-state index is 12.9. The molecule has 2 atom stereocenters. The van der Waals surface area contributed by atoms with Crippen molar-refractivity contribution in [1.29, 1.82) is 0 Å². The Morgan fingerprint density at radius 3 is 1.62 bits per heavy atom. The third kappa shape index (κ3) is 4.65. The first-order valence-electron chi connectivity index (χ1n) is 8.15. The minimum Gasteiger partial charge on any atom is -0.479 e. The zero-order valence-electron chi connectivity index (χ0n) is 15.6. The van der Waals surface area contributed by atoms with E-state index in [4.69, 9.17) is 9.84 Å². The first kappa shape index (κ1) is 23.5. The van der Waals surface area contributed by atoms with Crippen LogP contribution < -0.4 is 0 Å². The average molecular weight is 404 g/mol. The van der Waals surface area contributed by atoms with Gasteiger partial charge in [0.25, 0.3) is 0 Å². The summed E-state index contributed by atoms with van der Waals surface area (Å²) < 4.78 is 4.88. The molecule has 29 heavy (non-hydrogen) atoms. The zero-order valence-corrected chi connectivity index (χ0v) is 15.6. The number of carbonyl (C=O) groups excluding carboxylic acids is 2.